The first-order valence-electron chi connectivity index (χ1n) is 5.62. The van der Waals surface area contributed by atoms with E-state index in [1.165, 1.54) is 12.1 Å². The largest absolute Gasteiger partial charge is 0.468 e. The van der Waals surface area contributed by atoms with Crippen LogP contribution in [0.3, 0.4) is 0 Å². The van der Waals surface area contributed by atoms with Crippen molar-refractivity contribution in [2.45, 2.75) is 12.6 Å². The molecule has 1 amide bonds. The molecule has 1 unspecified atom stereocenters. The number of hydrogen-bond donors (Lipinski definition) is 1. The summed E-state index contributed by atoms with van der Waals surface area (Å²) in [5.41, 5.74) is 3.27. The summed E-state index contributed by atoms with van der Waals surface area (Å²) < 4.78 is 9.53. The number of amides is 1. The molecule has 1 saturated heterocycles. The Labute approximate surface area is 115 Å². The zero-order chi connectivity index (χ0) is 13.8. The van der Waals surface area contributed by atoms with Gasteiger partial charge in [-0.1, -0.05) is 23.7 Å². The Balaban J connectivity index is 1.71. The number of nitrogens with zero attached hydrogens (tertiary/aromatic N) is 1. The van der Waals surface area contributed by atoms with E-state index >= 15 is 0 Å². The maximum atomic E-state index is 11.4. The number of hydrogen-bond acceptors (Lipinski definition) is 5. The minimum absolute atomic E-state index is 0.139. The Morgan fingerprint density at radius 1 is 1.42 bits per heavy atom. The second-order valence-electron chi connectivity index (χ2n) is 4.01. The fraction of sp³-hybridized carbons (Fsp3) is 0.333. The Morgan fingerprint density at radius 2 is 2.11 bits per heavy atom. The highest BCUT2D eigenvalue weighted by molar-refractivity contribution is 6.30. The maximum absolute atomic E-state index is 11.4. The fourth-order valence-corrected chi connectivity index (χ4v) is 1.61. The monoisotopic (exact) mass is 284 g/mol. The van der Waals surface area contributed by atoms with Gasteiger partial charge in [-0.3, -0.25) is 10.2 Å². The fourth-order valence-electron chi connectivity index (χ4n) is 1.48. The number of carbonyl (C=O) groups excluding carboxylic acids is 2. The molecule has 0 bridgehead atoms. The van der Waals surface area contributed by atoms with Gasteiger partial charge in [-0.05, 0) is 17.7 Å². The van der Waals surface area contributed by atoms with Crippen molar-refractivity contribution in [3.63, 3.8) is 0 Å². The summed E-state index contributed by atoms with van der Waals surface area (Å²) in [7, 11) is 1.30. The van der Waals surface area contributed by atoms with E-state index in [9.17, 15) is 9.59 Å². The molecule has 0 aliphatic carbocycles. The lowest BCUT2D eigenvalue weighted by atomic mass is 10.2. The van der Waals surface area contributed by atoms with Gasteiger partial charge in [0.2, 0.25) is 0 Å². The number of methoxy groups -OCH3 is 1. The topological polar surface area (TPSA) is 67.6 Å². The first-order valence-corrected chi connectivity index (χ1v) is 6.00. The summed E-state index contributed by atoms with van der Waals surface area (Å²) >= 11 is 5.74. The number of hydrazine groups is 1. The van der Waals surface area contributed by atoms with Gasteiger partial charge in [0, 0.05) is 11.6 Å². The average molecular weight is 285 g/mol. The van der Waals surface area contributed by atoms with Crippen LogP contribution < -0.4 is 5.43 Å². The molecule has 1 fully saturated rings. The molecule has 0 aromatic heterocycles. The molecule has 1 N–H and O–H groups in total. The van der Waals surface area contributed by atoms with Gasteiger partial charge in [0.25, 0.3) is 0 Å². The van der Waals surface area contributed by atoms with Crippen LogP contribution in [0, 0.1) is 0 Å². The molecular formula is C12H13ClN2O4. The van der Waals surface area contributed by atoms with Crippen LogP contribution in [-0.4, -0.2) is 36.8 Å². The Morgan fingerprint density at radius 3 is 2.74 bits per heavy atom. The van der Waals surface area contributed by atoms with E-state index in [-0.39, 0.29) is 12.6 Å². The van der Waals surface area contributed by atoms with Gasteiger partial charge in [-0.15, -0.1) is 0 Å². The summed E-state index contributed by atoms with van der Waals surface area (Å²) in [6.07, 6.45) is -0.610. The van der Waals surface area contributed by atoms with Crippen LogP contribution in [-0.2, 0) is 20.9 Å². The molecular weight excluding hydrogens is 272 g/mol. The van der Waals surface area contributed by atoms with Gasteiger partial charge in [-0.2, -0.15) is 0 Å². The summed E-state index contributed by atoms with van der Waals surface area (Å²) in [4.78, 5) is 22.5. The number of benzene rings is 1. The van der Waals surface area contributed by atoms with Gasteiger partial charge in [0.1, 0.15) is 12.6 Å². The second kappa shape index (κ2) is 5.90. The summed E-state index contributed by atoms with van der Waals surface area (Å²) in [5.74, 6) is -0.377. The Bertz CT molecular complexity index is 477. The van der Waals surface area contributed by atoms with Crippen molar-refractivity contribution in [1.82, 2.24) is 10.4 Å². The number of nitrogens with one attached hydrogen (secondary N) is 1. The minimum Gasteiger partial charge on any atom is -0.468 e. The van der Waals surface area contributed by atoms with E-state index in [1.54, 1.807) is 24.3 Å². The lowest BCUT2D eigenvalue weighted by Crippen LogP contribution is -2.32. The molecule has 0 radical (unpaired) electrons. The molecule has 102 valence electrons. The van der Waals surface area contributed by atoms with E-state index in [4.69, 9.17) is 16.3 Å². The van der Waals surface area contributed by atoms with Gasteiger partial charge >= 0.3 is 12.1 Å². The van der Waals surface area contributed by atoms with Crippen molar-refractivity contribution in [1.29, 1.82) is 0 Å². The zero-order valence-corrected chi connectivity index (χ0v) is 11.0. The van der Waals surface area contributed by atoms with Crippen LogP contribution in [0.2, 0.25) is 5.02 Å². The van der Waals surface area contributed by atoms with E-state index < -0.39 is 12.1 Å². The molecule has 1 aliphatic rings. The van der Waals surface area contributed by atoms with E-state index in [0.717, 1.165) is 5.56 Å². The van der Waals surface area contributed by atoms with Crippen LogP contribution in [0.15, 0.2) is 24.3 Å². The van der Waals surface area contributed by atoms with Crippen molar-refractivity contribution in [2.24, 2.45) is 0 Å². The molecule has 1 aromatic carbocycles. The Hall–Kier alpha value is -1.79. The number of rotatable bonds is 4. The first kappa shape index (κ1) is 13.6. The molecule has 19 heavy (non-hydrogen) atoms. The third kappa shape index (κ3) is 3.84. The Kier molecular flexibility index (Phi) is 4.24. The first-order chi connectivity index (χ1) is 9.10. The third-order valence-corrected chi connectivity index (χ3v) is 2.86. The van der Waals surface area contributed by atoms with Crippen molar-refractivity contribution in [2.75, 3.05) is 13.7 Å². The van der Waals surface area contributed by atoms with Crippen molar-refractivity contribution in [3.8, 4) is 0 Å². The van der Waals surface area contributed by atoms with Crippen LogP contribution in [0.1, 0.15) is 5.56 Å². The molecule has 1 aromatic rings. The molecule has 0 spiro atoms. The van der Waals surface area contributed by atoms with Crippen LogP contribution >= 0.6 is 11.6 Å². The minimum atomic E-state index is -0.610. The smallest absolute Gasteiger partial charge is 0.422 e. The van der Waals surface area contributed by atoms with Crippen molar-refractivity contribution in [3.05, 3.63) is 34.9 Å². The molecule has 1 aliphatic heterocycles. The number of esters is 1. The van der Waals surface area contributed by atoms with Gasteiger partial charge < -0.3 is 9.47 Å². The van der Waals surface area contributed by atoms with Gasteiger partial charge in [0.15, 0.2) is 0 Å². The molecule has 6 nitrogen and oxygen atoms in total. The highest BCUT2D eigenvalue weighted by atomic mass is 35.5. The number of ether oxygens (including phenoxy) is 2. The summed E-state index contributed by atoms with van der Waals surface area (Å²) in [6, 6.07) is 6.56. The highest BCUT2D eigenvalue weighted by Gasteiger charge is 2.43. The second-order valence-corrected chi connectivity index (χ2v) is 4.44. The SMILES string of the molecule is COC(=O)[C@@H]1CN1NC(=O)OCc1ccc(Cl)cc1. The zero-order valence-electron chi connectivity index (χ0n) is 10.3. The van der Waals surface area contributed by atoms with E-state index in [1.807, 2.05) is 0 Å². The highest BCUT2D eigenvalue weighted by Crippen LogP contribution is 2.15. The molecule has 7 heteroatoms. The normalized spacial score (nSPS) is 20.5. The van der Waals surface area contributed by atoms with Crippen LogP contribution in [0.4, 0.5) is 4.79 Å². The predicted octanol–water partition coefficient (Wildman–Crippen LogP) is 1.34. The van der Waals surface area contributed by atoms with Crippen LogP contribution in [0.25, 0.3) is 0 Å². The lowest BCUT2D eigenvalue weighted by molar-refractivity contribution is -0.141. The standard InChI is InChI=1S/C12H13ClN2O4/c1-18-11(16)10-6-15(10)14-12(17)19-7-8-2-4-9(13)5-3-8/h2-5,10H,6-7H2,1H3,(H,14,17)/t10-,15?/m0/s1. The predicted molar refractivity (Wildman–Crippen MR) is 67.3 cm³/mol. The molecule has 1 heterocycles. The summed E-state index contributed by atoms with van der Waals surface area (Å²) in [6.45, 7) is 0.572. The maximum Gasteiger partial charge on any atom is 0.422 e. The van der Waals surface area contributed by atoms with E-state index in [2.05, 4.69) is 10.2 Å². The molecule has 2 atom stereocenters. The van der Waals surface area contributed by atoms with Gasteiger partial charge in [0.05, 0.1) is 7.11 Å². The van der Waals surface area contributed by atoms with Gasteiger partial charge in [-0.25, -0.2) is 9.80 Å². The number of halogens is 1. The average Bonchev–Trinajstić information content (AvgIpc) is 3.16. The quantitative estimate of drug-likeness (QED) is 0.667. The van der Waals surface area contributed by atoms with Crippen molar-refractivity contribution < 1.29 is 19.1 Å². The van der Waals surface area contributed by atoms with Crippen molar-refractivity contribution >= 4 is 23.7 Å². The summed E-state index contributed by atoms with van der Waals surface area (Å²) in [5, 5.41) is 2.06. The molecule has 0 saturated carbocycles. The third-order valence-electron chi connectivity index (χ3n) is 2.60. The molecule has 2 rings (SSSR count). The number of carbonyl (C=O) groups is 2. The van der Waals surface area contributed by atoms with Crippen LogP contribution in [0.5, 0.6) is 0 Å². The van der Waals surface area contributed by atoms with E-state index in [0.29, 0.717) is 11.6 Å². The lowest BCUT2D eigenvalue weighted by Gasteiger charge is -2.07.